The van der Waals surface area contributed by atoms with Gasteiger partial charge in [0.2, 0.25) is 10.0 Å². The number of pyridine rings is 1. The maximum atomic E-state index is 12.9. The summed E-state index contributed by atoms with van der Waals surface area (Å²) in [4.78, 5) is 14.6. The van der Waals surface area contributed by atoms with Crippen LogP contribution < -0.4 is 5.56 Å². The largest absolute Gasteiger partial charge is 0.329 e. The van der Waals surface area contributed by atoms with Crippen molar-refractivity contribution in [2.45, 2.75) is 37.1 Å². The average molecular weight is 306 g/mol. The minimum absolute atomic E-state index is 0.000929. The number of H-pyrrole nitrogens is 1. The van der Waals surface area contributed by atoms with Gasteiger partial charge in [-0.1, -0.05) is 12.5 Å². The van der Waals surface area contributed by atoms with Crippen molar-refractivity contribution in [2.75, 3.05) is 6.54 Å². The summed E-state index contributed by atoms with van der Waals surface area (Å²) in [6.07, 6.45) is 4.31. The molecule has 1 aliphatic heterocycles. The zero-order valence-electron chi connectivity index (χ0n) is 11.9. The van der Waals surface area contributed by atoms with Gasteiger partial charge in [-0.3, -0.25) is 4.79 Å². The van der Waals surface area contributed by atoms with Crippen molar-refractivity contribution in [2.24, 2.45) is 0 Å². The zero-order valence-corrected chi connectivity index (χ0v) is 12.7. The van der Waals surface area contributed by atoms with Crippen LogP contribution >= 0.6 is 0 Å². The molecule has 112 valence electrons. The molecule has 5 nitrogen and oxygen atoms in total. The van der Waals surface area contributed by atoms with E-state index >= 15 is 0 Å². The maximum Gasteiger partial charge on any atom is 0.255 e. The Labute approximate surface area is 123 Å². The van der Waals surface area contributed by atoms with Crippen LogP contribution in [0, 0.1) is 0 Å². The molecule has 1 aliphatic rings. The Morgan fingerprint density at radius 1 is 1.19 bits per heavy atom. The number of fused-ring (bicyclic) bond motifs is 1. The maximum absolute atomic E-state index is 12.9. The summed E-state index contributed by atoms with van der Waals surface area (Å²) in [5.41, 5.74) is -0.267. The van der Waals surface area contributed by atoms with E-state index < -0.39 is 10.0 Å². The minimum Gasteiger partial charge on any atom is -0.329 e. The Morgan fingerprint density at radius 3 is 2.76 bits per heavy atom. The first-order valence-corrected chi connectivity index (χ1v) is 8.58. The summed E-state index contributed by atoms with van der Waals surface area (Å²) in [5.74, 6) is 0. The van der Waals surface area contributed by atoms with Crippen LogP contribution in [0.1, 0.15) is 26.2 Å². The summed E-state index contributed by atoms with van der Waals surface area (Å²) in [6, 6.07) is 6.50. The molecule has 0 radical (unpaired) electrons. The molecule has 1 saturated heterocycles. The monoisotopic (exact) mass is 306 g/mol. The first-order valence-electron chi connectivity index (χ1n) is 7.14. The molecule has 1 aromatic carbocycles. The van der Waals surface area contributed by atoms with Crippen LogP contribution in [-0.2, 0) is 10.0 Å². The summed E-state index contributed by atoms with van der Waals surface area (Å²) >= 11 is 0. The van der Waals surface area contributed by atoms with Gasteiger partial charge in [-0.2, -0.15) is 4.31 Å². The van der Waals surface area contributed by atoms with Crippen LogP contribution in [0.3, 0.4) is 0 Å². The van der Waals surface area contributed by atoms with Gasteiger partial charge in [0, 0.05) is 29.6 Å². The molecule has 0 saturated carbocycles. The average Bonchev–Trinajstić information content (AvgIpc) is 2.47. The van der Waals surface area contributed by atoms with E-state index in [1.807, 2.05) is 6.92 Å². The van der Waals surface area contributed by atoms with E-state index in [2.05, 4.69) is 4.98 Å². The predicted molar refractivity (Wildman–Crippen MR) is 81.8 cm³/mol. The van der Waals surface area contributed by atoms with E-state index in [0.29, 0.717) is 17.3 Å². The molecule has 1 unspecified atom stereocenters. The second-order valence-electron chi connectivity index (χ2n) is 5.48. The van der Waals surface area contributed by atoms with Gasteiger partial charge < -0.3 is 4.98 Å². The fraction of sp³-hybridized carbons (Fsp3) is 0.400. The number of nitrogens with zero attached hydrogens (tertiary/aromatic N) is 1. The van der Waals surface area contributed by atoms with Crippen molar-refractivity contribution in [3.63, 3.8) is 0 Å². The van der Waals surface area contributed by atoms with Gasteiger partial charge in [0.25, 0.3) is 5.56 Å². The van der Waals surface area contributed by atoms with Gasteiger partial charge in [-0.25, -0.2) is 8.42 Å². The first kappa shape index (κ1) is 14.3. The van der Waals surface area contributed by atoms with E-state index in [-0.39, 0.29) is 16.5 Å². The number of aromatic nitrogens is 1. The van der Waals surface area contributed by atoms with Crippen LogP contribution in [0.5, 0.6) is 0 Å². The fourth-order valence-electron chi connectivity index (χ4n) is 2.97. The highest BCUT2D eigenvalue weighted by molar-refractivity contribution is 7.89. The van der Waals surface area contributed by atoms with Gasteiger partial charge in [0.1, 0.15) is 0 Å². The molecule has 0 amide bonds. The summed E-state index contributed by atoms with van der Waals surface area (Å²) in [7, 11) is -3.57. The van der Waals surface area contributed by atoms with Gasteiger partial charge >= 0.3 is 0 Å². The number of piperidine rings is 1. The number of hydrogen-bond donors (Lipinski definition) is 1. The highest BCUT2D eigenvalue weighted by Crippen LogP contribution is 2.28. The number of nitrogens with one attached hydrogen (secondary N) is 1. The molecule has 1 N–H and O–H groups in total. The lowest BCUT2D eigenvalue weighted by Crippen LogP contribution is -2.42. The smallest absolute Gasteiger partial charge is 0.255 e. The van der Waals surface area contributed by atoms with Gasteiger partial charge in [-0.05, 0) is 38.0 Å². The van der Waals surface area contributed by atoms with E-state index in [4.69, 9.17) is 0 Å². The molecule has 1 aromatic heterocycles. The van der Waals surface area contributed by atoms with Crippen LogP contribution in [0.4, 0.5) is 0 Å². The Morgan fingerprint density at radius 2 is 2.00 bits per heavy atom. The van der Waals surface area contributed by atoms with Crippen molar-refractivity contribution >= 4 is 20.8 Å². The highest BCUT2D eigenvalue weighted by Gasteiger charge is 2.32. The van der Waals surface area contributed by atoms with Crippen LogP contribution in [0.15, 0.2) is 40.2 Å². The number of aromatic amines is 1. The molecule has 0 bridgehead atoms. The molecule has 0 aliphatic carbocycles. The molecule has 2 aromatic rings. The number of benzene rings is 1. The number of sulfonamides is 1. The Kier molecular flexibility index (Phi) is 3.59. The summed E-state index contributed by atoms with van der Waals surface area (Å²) in [6.45, 7) is 2.48. The fourth-order valence-corrected chi connectivity index (χ4v) is 4.88. The summed E-state index contributed by atoms with van der Waals surface area (Å²) in [5, 5.41) is 0.891. The predicted octanol–water partition coefficient (Wildman–Crippen LogP) is 2.09. The molecule has 0 spiro atoms. The topological polar surface area (TPSA) is 70.2 Å². The van der Waals surface area contributed by atoms with Crippen LogP contribution in [0.25, 0.3) is 10.8 Å². The third-order valence-corrected chi connectivity index (χ3v) is 6.18. The molecule has 1 fully saturated rings. The molecule has 2 heterocycles. The SMILES string of the molecule is CC1CCCCN1S(=O)(=O)c1cccc2c(=O)[nH]ccc12. The van der Waals surface area contributed by atoms with Crippen LogP contribution in [-0.4, -0.2) is 30.3 Å². The van der Waals surface area contributed by atoms with Crippen molar-refractivity contribution in [1.29, 1.82) is 0 Å². The van der Waals surface area contributed by atoms with Crippen molar-refractivity contribution in [1.82, 2.24) is 9.29 Å². The zero-order chi connectivity index (χ0) is 15.0. The van der Waals surface area contributed by atoms with Gasteiger partial charge in [-0.15, -0.1) is 0 Å². The first-order chi connectivity index (χ1) is 10.0. The molecular formula is C15H18N2O3S. The second-order valence-corrected chi connectivity index (χ2v) is 7.34. The third-order valence-electron chi connectivity index (χ3n) is 4.10. The molecular weight excluding hydrogens is 288 g/mol. The summed E-state index contributed by atoms with van der Waals surface area (Å²) < 4.78 is 27.4. The Balaban J connectivity index is 2.20. The van der Waals surface area contributed by atoms with E-state index in [1.165, 1.54) is 6.20 Å². The van der Waals surface area contributed by atoms with Gasteiger partial charge in [0.05, 0.1) is 4.90 Å². The van der Waals surface area contributed by atoms with Crippen molar-refractivity contribution in [3.8, 4) is 0 Å². The molecule has 3 rings (SSSR count). The standard InChI is InChI=1S/C15H18N2O3S/c1-11-5-2-3-10-17(11)21(19,20)14-7-4-6-13-12(14)8-9-16-15(13)18/h4,6-9,11H,2-3,5,10H2,1H3,(H,16,18). The third kappa shape index (κ3) is 2.38. The normalized spacial score (nSPS) is 20.7. The van der Waals surface area contributed by atoms with E-state index in [9.17, 15) is 13.2 Å². The van der Waals surface area contributed by atoms with E-state index in [1.54, 1.807) is 28.6 Å². The minimum atomic E-state index is -3.57. The number of rotatable bonds is 2. The lowest BCUT2D eigenvalue weighted by molar-refractivity contribution is 0.269. The second kappa shape index (κ2) is 5.27. The lowest BCUT2D eigenvalue weighted by Gasteiger charge is -2.32. The van der Waals surface area contributed by atoms with Gasteiger partial charge in [0.15, 0.2) is 0 Å². The quantitative estimate of drug-likeness (QED) is 0.923. The van der Waals surface area contributed by atoms with Crippen molar-refractivity contribution < 1.29 is 8.42 Å². The molecule has 21 heavy (non-hydrogen) atoms. The lowest BCUT2D eigenvalue weighted by atomic mass is 10.1. The van der Waals surface area contributed by atoms with Crippen molar-refractivity contribution in [3.05, 3.63) is 40.8 Å². The number of hydrogen-bond acceptors (Lipinski definition) is 3. The molecule has 1 atom stereocenters. The Bertz CT molecular complexity index is 826. The molecule has 6 heteroatoms. The van der Waals surface area contributed by atoms with Crippen LogP contribution in [0.2, 0.25) is 0 Å². The Hall–Kier alpha value is -1.66. The van der Waals surface area contributed by atoms with E-state index in [0.717, 1.165) is 19.3 Å². The highest BCUT2D eigenvalue weighted by atomic mass is 32.2.